The van der Waals surface area contributed by atoms with Crippen LogP contribution < -0.4 is 0 Å². The molecule has 3 heterocycles. The third kappa shape index (κ3) is 3.92. The largest absolute Gasteiger partial charge is 0.383 e. The zero-order chi connectivity index (χ0) is 20.4. The topological polar surface area (TPSA) is 79.8 Å². The Bertz CT molecular complexity index is 994. The van der Waals surface area contributed by atoms with Gasteiger partial charge in [-0.2, -0.15) is 4.31 Å². The molecule has 0 aliphatic carbocycles. The van der Waals surface area contributed by atoms with E-state index in [9.17, 15) is 13.2 Å². The number of sulfonamides is 1. The van der Waals surface area contributed by atoms with E-state index in [4.69, 9.17) is 4.74 Å². The highest BCUT2D eigenvalue weighted by Gasteiger charge is 2.35. The van der Waals surface area contributed by atoms with E-state index in [1.54, 1.807) is 53.0 Å². The van der Waals surface area contributed by atoms with Crippen LogP contribution in [-0.2, 0) is 27.7 Å². The molecule has 0 bridgehead atoms. The Morgan fingerprint density at radius 1 is 1.24 bits per heavy atom. The van der Waals surface area contributed by atoms with E-state index in [-0.39, 0.29) is 16.8 Å². The number of aromatic nitrogens is 1. The molecule has 29 heavy (non-hydrogen) atoms. The number of hydrogen-bond donors (Lipinski definition) is 0. The third-order valence-corrected chi connectivity index (χ3v) is 7.62. The minimum absolute atomic E-state index is 0.0864. The van der Waals surface area contributed by atoms with Gasteiger partial charge in [-0.05, 0) is 54.7 Å². The van der Waals surface area contributed by atoms with Crippen molar-refractivity contribution in [1.29, 1.82) is 0 Å². The molecular weight excluding hydrogens is 390 g/mol. The predicted octanol–water partition coefficient (Wildman–Crippen LogP) is 2.08. The molecule has 2 aliphatic rings. The third-order valence-electron chi connectivity index (χ3n) is 5.67. The summed E-state index contributed by atoms with van der Waals surface area (Å²) < 4.78 is 33.2. The molecule has 2 aromatic rings. The number of hydrogen-bond acceptors (Lipinski definition) is 5. The zero-order valence-electron chi connectivity index (χ0n) is 16.5. The number of rotatable bonds is 5. The Balaban J connectivity index is 1.58. The Morgan fingerprint density at radius 2 is 2.10 bits per heavy atom. The highest BCUT2D eigenvalue weighted by Crippen LogP contribution is 2.29. The molecule has 0 N–H and O–H groups in total. The average Bonchev–Trinajstić information content (AvgIpc) is 3.22. The number of carbonyl (C=O) groups excluding carboxylic acids is 1. The molecule has 8 heteroatoms. The second-order valence-electron chi connectivity index (χ2n) is 7.52. The molecule has 0 radical (unpaired) electrons. The van der Waals surface area contributed by atoms with Crippen LogP contribution in [0.25, 0.3) is 0 Å². The Kier molecular flexibility index (Phi) is 5.67. The van der Waals surface area contributed by atoms with Crippen molar-refractivity contribution in [2.75, 3.05) is 26.8 Å². The van der Waals surface area contributed by atoms with E-state index in [1.165, 1.54) is 0 Å². The second kappa shape index (κ2) is 8.22. The maximum absolute atomic E-state index is 13.2. The fourth-order valence-corrected chi connectivity index (χ4v) is 5.89. The SMILES string of the molecule is COCC1CCCN1S(=O)(=O)c1ccc2c(c1)CN(C(=O)c1cccnc1)CC2. The van der Waals surface area contributed by atoms with E-state index in [2.05, 4.69) is 4.98 Å². The van der Waals surface area contributed by atoms with Crippen LogP contribution >= 0.6 is 0 Å². The van der Waals surface area contributed by atoms with E-state index in [1.807, 2.05) is 6.07 Å². The van der Waals surface area contributed by atoms with Crippen LogP contribution in [0.15, 0.2) is 47.6 Å². The van der Waals surface area contributed by atoms with Crippen LogP contribution in [0.1, 0.15) is 34.3 Å². The Labute approximate surface area is 171 Å². The van der Waals surface area contributed by atoms with Gasteiger partial charge in [-0.3, -0.25) is 9.78 Å². The smallest absolute Gasteiger partial charge is 0.255 e. The minimum Gasteiger partial charge on any atom is -0.383 e. The molecule has 1 atom stereocenters. The quantitative estimate of drug-likeness (QED) is 0.747. The van der Waals surface area contributed by atoms with Gasteiger partial charge < -0.3 is 9.64 Å². The van der Waals surface area contributed by atoms with Crippen LogP contribution in [0.5, 0.6) is 0 Å². The molecule has 4 rings (SSSR count). The van der Waals surface area contributed by atoms with Gasteiger partial charge in [0.1, 0.15) is 0 Å². The molecule has 7 nitrogen and oxygen atoms in total. The number of pyridine rings is 1. The molecule has 1 amide bonds. The molecule has 2 aliphatic heterocycles. The van der Waals surface area contributed by atoms with Crippen molar-refractivity contribution in [3.63, 3.8) is 0 Å². The minimum atomic E-state index is -3.59. The molecule has 1 saturated heterocycles. The van der Waals surface area contributed by atoms with E-state index in [0.29, 0.717) is 38.2 Å². The molecule has 1 fully saturated rings. The first kappa shape index (κ1) is 20.0. The molecule has 1 aromatic heterocycles. The fourth-order valence-electron chi connectivity index (χ4n) is 4.16. The van der Waals surface area contributed by atoms with E-state index in [0.717, 1.165) is 24.0 Å². The van der Waals surface area contributed by atoms with Crippen molar-refractivity contribution in [3.05, 3.63) is 59.4 Å². The first-order valence-electron chi connectivity index (χ1n) is 9.82. The highest BCUT2D eigenvalue weighted by atomic mass is 32.2. The van der Waals surface area contributed by atoms with Gasteiger partial charge in [0, 0.05) is 45.2 Å². The van der Waals surface area contributed by atoms with E-state index >= 15 is 0 Å². The highest BCUT2D eigenvalue weighted by molar-refractivity contribution is 7.89. The lowest BCUT2D eigenvalue weighted by Crippen LogP contribution is -2.38. The first-order valence-corrected chi connectivity index (χ1v) is 11.3. The summed E-state index contributed by atoms with van der Waals surface area (Å²) in [5.74, 6) is -0.0864. The summed E-state index contributed by atoms with van der Waals surface area (Å²) in [5.41, 5.74) is 2.52. The summed E-state index contributed by atoms with van der Waals surface area (Å²) in [4.78, 5) is 18.8. The van der Waals surface area contributed by atoms with Gasteiger partial charge in [0.15, 0.2) is 0 Å². The normalized spacial score (nSPS) is 19.9. The number of carbonyl (C=O) groups is 1. The number of amides is 1. The van der Waals surface area contributed by atoms with Crippen molar-refractivity contribution in [3.8, 4) is 0 Å². The number of nitrogens with zero attached hydrogens (tertiary/aromatic N) is 3. The first-order chi connectivity index (χ1) is 14.0. The summed E-state index contributed by atoms with van der Waals surface area (Å²) in [5, 5.41) is 0. The standard InChI is InChI=1S/C21H25N3O4S/c1-28-15-19-5-3-10-24(19)29(26,27)20-7-6-16-8-11-23(14-18(16)12-20)21(25)17-4-2-9-22-13-17/h2,4,6-7,9,12-13,19H,3,5,8,10-11,14-15H2,1H3. The van der Waals surface area contributed by atoms with Crippen LogP contribution in [0.3, 0.4) is 0 Å². The van der Waals surface area contributed by atoms with Crippen LogP contribution in [0.4, 0.5) is 0 Å². The second-order valence-corrected chi connectivity index (χ2v) is 9.41. The molecule has 0 spiro atoms. The fraction of sp³-hybridized carbons (Fsp3) is 0.429. The van der Waals surface area contributed by atoms with Crippen LogP contribution in [0.2, 0.25) is 0 Å². The lowest BCUT2D eigenvalue weighted by atomic mass is 9.99. The van der Waals surface area contributed by atoms with Gasteiger partial charge in [-0.25, -0.2) is 8.42 Å². The van der Waals surface area contributed by atoms with Gasteiger partial charge in [-0.1, -0.05) is 6.07 Å². The van der Waals surface area contributed by atoms with Crippen molar-refractivity contribution >= 4 is 15.9 Å². The average molecular weight is 416 g/mol. The van der Waals surface area contributed by atoms with Gasteiger partial charge in [-0.15, -0.1) is 0 Å². The summed E-state index contributed by atoms with van der Waals surface area (Å²) in [6, 6.07) is 8.67. The lowest BCUT2D eigenvalue weighted by Gasteiger charge is -2.30. The number of benzene rings is 1. The van der Waals surface area contributed by atoms with Gasteiger partial charge in [0.05, 0.1) is 17.1 Å². The lowest BCUT2D eigenvalue weighted by molar-refractivity contribution is 0.0734. The Morgan fingerprint density at radius 3 is 2.86 bits per heavy atom. The van der Waals surface area contributed by atoms with Crippen molar-refractivity contribution < 1.29 is 17.9 Å². The van der Waals surface area contributed by atoms with Crippen molar-refractivity contribution in [2.45, 2.75) is 36.7 Å². The number of fused-ring (bicyclic) bond motifs is 1. The predicted molar refractivity (Wildman–Crippen MR) is 108 cm³/mol. The van der Waals surface area contributed by atoms with Gasteiger partial charge in [0.2, 0.25) is 10.0 Å². The van der Waals surface area contributed by atoms with Crippen molar-refractivity contribution in [1.82, 2.24) is 14.2 Å². The number of methoxy groups -OCH3 is 1. The monoisotopic (exact) mass is 415 g/mol. The van der Waals surface area contributed by atoms with Crippen LogP contribution in [-0.4, -0.2) is 61.4 Å². The summed E-state index contributed by atoms with van der Waals surface area (Å²) >= 11 is 0. The number of ether oxygens (including phenoxy) is 1. The van der Waals surface area contributed by atoms with Gasteiger partial charge in [0.25, 0.3) is 5.91 Å². The molecule has 0 saturated carbocycles. The molecule has 154 valence electrons. The zero-order valence-corrected chi connectivity index (χ0v) is 17.3. The maximum atomic E-state index is 13.2. The summed E-state index contributed by atoms with van der Waals surface area (Å²) in [7, 11) is -2.00. The molecule has 1 aromatic carbocycles. The van der Waals surface area contributed by atoms with Crippen molar-refractivity contribution in [2.24, 2.45) is 0 Å². The van der Waals surface area contributed by atoms with Crippen LogP contribution in [0, 0.1) is 0 Å². The molecular formula is C21H25N3O4S. The Hall–Kier alpha value is -2.29. The summed E-state index contributed by atoms with van der Waals surface area (Å²) in [6.45, 7) is 1.92. The van der Waals surface area contributed by atoms with E-state index < -0.39 is 10.0 Å². The maximum Gasteiger partial charge on any atom is 0.255 e. The molecule has 1 unspecified atom stereocenters. The van der Waals surface area contributed by atoms with Gasteiger partial charge >= 0.3 is 0 Å². The summed E-state index contributed by atoms with van der Waals surface area (Å²) in [6.07, 6.45) is 5.55.